The second kappa shape index (κ2) is 6.37. The van der Waals surface area contributed by atoms with E-state index in [1.807, 2.05) is 18.0 Å². The summed E-state index contributed by atoms with van der Waals surface area (Å²) >= 11 is 1.83. The smallest absolute Gasteiger partial charge is 0.115 e. The molecule has 0 saturated carbocycles. The summed E-state index contributed by atoms with van der Waals surface area (Å²) in [7, 11) is 0. The first kappa shape index (κ1) is 13.6. The highest BCUT2D eigenvalue weighted by atomic mass is 32.2. The quantitative estimate of drug-likeness (QED) is 0.915. The summed E-state index contributed by atoms with van der Waals surface area (Å²) in [4.78, 5) is 8.55. The lowest BCUT2D eigenvalue weighted by atomic mass is 10.1. The van der Waals surface area contributed by atoms with Crippen molar-refractivity contribution in [3.8, 4) is 0 Å². The molecule has 2 unspecified atom stereocenters. The zero-order valence-electron chi connectivity index (χ0n) is 11.6. The van der Waals surface area contributed by atoms with Gasteiger partial charge in [-0.25, -0.2) is 4.98 Å². The van der Waals surface area contributed by atoms with Gasteiger partial charge in [0.25, 0.3) is 0 Å². The largest absolute Gasteiger partial charge is 0.309 e. The molecular formula is C16H19N3S. The second-order valence-electron chi connectivity index (χ2n) is 5.03. The van der Waals surface area contributed by atoms with Crippen LogP contribution in [0.15, 0.2) is 47.9 Å². The maximum atomic E-state index is 4.39. The van der Waals surface area contributed by atoms with E-state index in [1.165, 1.54) is 11.1 Å². The van der Waals surface area contributed by atoms with Crippen LogP contribution in [-0.4, -0.2) is 21.8 Å². The number of rotatable bonds is 5. The van der Waals surface area contributed by atoms with Crippen molar-refractivity contribution in [2.75, 3.05) is 6.54 Å². The maximum Gasteiger partial charge on any atom is 0.115 e. The van der Waals surface area contributed by atoms with Crippen LogP contribution in [0.1, 0.15) is 30.5 Å². The normalized spacial score (nSPS) is 20.9. The number of aromatic nitrogens is 2. The molecule has 0 bridgehead atoms. The monoisotopic (exact) mass is 285 g/mol. The van der Waals surface area contributed by atoms with Gasteiger partial charge < -0.3 is 5.32 Å². The van der Waals surface area contributed by atoms with Gasteiger partial charge in [-0.1, -0.05) is 43.0 Å². The van der Waals surface area contributed by atoms with Crippen molar-refractivity contribution >= 4 is 11.8 Å². The number of hydrogen-bond donors (Lipinski definition) is 1. The van der Waals surface area contributed by atoms with Gasteiger partial charge in [0.05, 0.1) is 6.20 Å². The van der Waals surface area contributed by atoms with Crippen molar-refractivity contribution in [2.24, 2.45) is 0 Å². The molecule has 0 aliphatic heterocycles. The molecule has 1 aliphatic carbocycles. The summed E-state index contributed by atoms with van der Waals surface area (Å²) in [6.45, 7) is 3.26. The van der Waals surface area contributed by atoms with Crippen LogP contribution in [0.3, 0.4) is 0 Å². The molecule has 0 fully saturated rings. The lowest BCUT2D eigenvalue weighted by molar-refractivity contribution is 0.538. The van der Waals surface area contributed by atoms with Gasteiger partial charge in [-0.15, -0.1) is 0 Å². The van der Waals surface area contributed by atoms with Crippen molar-refractivity contribution < 1.29 is 0 Å². The molecule has 20 heavy (non-hydrogen) atoms. The number of nitrogens with zero attached hydrogens (tertiary/aromatic N) is 2. The lowest BCUT2D eigenvalue weighted by Crippen LogP contribution is -2.27. The van der Waals surface area contributed by atoms with Gasteiger partial charge in [0.1, 0.15) is 5.03 Å². The zero-order chi connectivity index (χ0) is 13.8. The molecule has 2 atom stereocenters. The van der Waals surface area contributed by atoms with Crippen molar-refractivity contribution in [3.05, 3.63) is 54.0 Å². The molecule has 2 aromatic rings. The minimum absolute atomic E-state index is 0.415. The Balaban J connectivity index is 1.80. The highest BCUT2D eigenvalue weighted by Gasteiger charge is 2.32. The van der Waals surface area contributed by atoms with E-state index in [9.17, 15) is 0 Å². The van der Waals surface area contributed by atoms with Crippen LogP contribution in [0.4, 0.5) is 0 Å². The number of thioether (sulfide) groups is 1. The molecule has 0 saturated heterocycles. The van der Waals surface area contributed by atoms with Gasteiger partial charge in [0.2, 0.25) is 0 Å². The van der Waals surface area contributed by atoms with Crippen molar-refractivity contribution in [2.45, 2.75) is 36.1 Å². The van der Waals surface area contributed by atoms with Crippen molar-refractivity contribution in [1.82, 2.24) is 15.3 Å². The third-order valence-corrected chi connectivity index (χ3v) is 4.80. The Morgan fingerprint density at radius 3 is 3.00 bits per heavy atom. The molecule has 0 radical (unpaired) electrons. The fourth-order valence-corrected chi connectivity index (χ4v) is 3.91. The van der Waals surface area contributed by atoms with Crippen LogP contribution in [0, 0.1) is 0 Å². The summed E-state index contributed by atoms with van der Waals surface area (Å²) in [6.07, 6.45) is 7.59. The molecule has 1 N–H and O–H groups in total. The van der Waals surface area contributed by atoms with Crippen LogP contribution in [0.2, 0.25) is 0 Å². The standard InChI is InChI=1S/C16H19N3S/c1-2-7-19-16-13-6-4-3-5-12(13)10-14(16)20-15-11-17-8-9-18-15/h3-6,8-9,11,14,16,19H,2,7,10H2,1H3. The Morgan fingerprint density at radius 1 is 1.30 bits per heavy atom. The molecule has 0 amide bonds. The van der Waals surface area contributed by atoms with Crippen LogP contribution < -0.4 is 5.32 Å². The van der Waals surface area contributed by atoms with Gasteiger partial charge in [-0.3, -0.25) is 4.98 Å². The number of benzene rings is 1. The van der Waals surface area contributed by atoms with Crippen molar-refractivity contribution in [1.29, 1.82) is 0 Å². The maximum absolute atomic E-state index is 4.39. The number of fused-ring (bicyclic) bond motifs is 1. The third kappa shape index (κ3) is 2.86. The SMILES string of the molecule is CCCNC1c2ccccc2CC1Sc1cnccn1. The second-order valence-corrected chi connectivity index (χ2v) is 6.29. The Hall–Kier alpha value is -1.39. The Labute approximate surface area is 124 Å². The topological polar surface area (TPSA) is 37.8 Å². The van der Waals surface area contributed by atoms with E-state index in [1.54, 1.807) is 12.4 Å². The molecule has 1 aromatic carbocycles. The van der Waals surface area contributed by atoms with Crippen LogP contribution in [0.25, 0.3) is 0 Å². The molecule has 3 nitrogen and oxygen atoms in total. The van der Waals surface area contributed by atoms with Crippen molar-refractivity contribution in [3.63, 3.8) is 0 Å². The minimum Gasteiger partial charge on any atom is -0.309 e. The Morgan fingerprint density at radius 2 is 2.20 bits per heavy atom. The van der Waals surface area contributed by atoms with Crippen LogP contribution in [-0.2, 0) is 6.42 Å². The molecule has 3 rings (SSSR count). The first-order valence-electron chi connectivity index (χ1n) is 7.12. The van der Waals surface area contributed by atoms with E-state index in [2.05, 4.69) is 46.5 Å². The van der Waals surface area contributed by atoms with E-state index >= 15 is 0 Å². The predicted octanol–water partition coefficient (Wildman–Crippen LogP) is 3.23. The molecular weight excluding hydrogens is 266 g/mol. The van der Waals surface area contributed by atoms with E-state index in [0.29, 0.717) is 11.3 Å². The summed E-state index contributed by atoms with van der Waals surface area (Å²) in [5.41, 5.74) is 2.91. The first-order chi connectivity index (χ1) is 9.88. The van der Waals surface area contributed by atoms with Gasteiger partial charge in [0.15, 0.2) is 0 Å². The first-order valence-corrected chi connectivity index (χ1v) is 8.00. The highest BCUT2D eigenvalue weighted by Crippen LogP contribution is 2.40. The molecule has 1 aromatic heterocycles. The molecule has 104 valence electrons. The van der Waals surface area contributed by atoms with E-state index in [-0.39, 0.29) is 0 Å². The number of nitrogens with one attached hydrogen (secondary N) is 1. The zero-order valence-corrected chi connectivity index (χ0v) is 12.4. The van der Waals surface area contributed by atoms with E-state index < -0.39 is 0 Å². The van der Waals surface area contributed by atoms with Crippen LogP contribution >= 0.6 is 11.8 Å². The lowest BCUT2D eigenvalue weighted by Gasteiger charge is -2.21. The summed E-state index contributed by atoms with van der Waals surface area (Å²) in [6, 6.07) is 9.17. The summed E-state index contributed by atoms with van der Waals surface area (Å²) < 4.78 is 0. The van der Waals surface area contributed by atoms with Crippen LogP contribution in [0.5, 0.6) is 0 Å². The molecule has 1 heterocycles. The number of hydrogen-bond acceptors (Lipinski definition) is 4. The van der Waals surface area contributed by atoms with Gasteiger partial charge in [-0.05, 0) is 30.5 Å². The fraction of sp³-hybridized carbons (Fsp3) is 0.375. The average Bonchev–Trinajstić information content (AvgIpc) is 2.83. The van der Waals surface area contributed by atoms with Gasteiger partial charge >= 0.3 is 0 Å². The fourth-order valence-electron chi connectivity index (χ4n) is 2.71. The predicted molar refractivity (Wildman–Crippen MR) is 82.9 cm³/mol. The Bertz CT molecular complexity index is 559. The Kier molecular flexibility index (Phi) is 4.33. The molecule has 4 heteroatoms. The average molecular weight is 285 g/mol. The minimum atomic E-state index is 0.415. The molecule has 0 spiro atoms. The third-order valence-electron chi connectivity index (χ3n) is 3.61. The summed E-state index contributed by atoms with van der Waals surface area (Å²) in [5.74, 6) is 0. The van der Waals surface area contributed by atoms with E-state index in [4.69, 9.17) is 0 Å². The molecule has 1 aliphatic rings. The van der Waals surface area contributed by atoms with Gasteiger partial charge in [0, 0.05) is 23.7 Å². The summed E-state index contributed by atoms with van der Waals surface area (Å²) in [5, 5.41) is 5.19. The van der Waals surface area contributed by atoms with Gasteiger partial charge in [-0.2, -0.15) is 0 Å². The highest BCUT2D eigenvalue weighted by molar-refractivity contribution is 7.99. The van der Waals surface area contributed by atoms with E-state index in [0.717, 1.165) is 24.4 Å².